The van der Waals surface area contributed by atoms with Gasteiger partial charge in [-0.15, -0.1) is 6.42 Å². The lowest BCUT2D eigenvalue weighted by Gasteiger charge is -2.06. The summed E-state index contributed by atoms with van der Waals surface area (Å²) in [7, 11) is 0. The summed E-state index contributed by atoms with van der Waals surface area (Å²) >= 11 is 6.36. The van der Waals surface area contributed by atoms with E-state index in [2.05, 4.69) is 16.3 Å². The number of nitrogens with zero attached hydrogens (tertiary/aromatic N) is 2. The van der Waals surface area contributed by atoms with Crippen LogP contribution < -0.4 is 5.32 Å². The molecule has 0 saturated heterocycles. The number of terminal acetylenes is 1. The Labute approximate surface area is 155 Å². The van der Waals surface area contributed by atoms with Crippen LogP contribution in [-0.4, -0.2) is 15.7 Å². The van der Waals surface area contributed by atoms with Gasteiger partial charge in [-0.2, -0.15) is 5.10 Å². The van der Waals surface area contributed by atoms with Crippen LogP contribution in [0.3, 0.4) is 0 Å². The van der Waals surface area contributed by atoms with Gasteiger partial charge in [0, 0.05) is 11.3 Å². The molecule has 0 fully saturated rings. The number of hydrogen-bond acceptors (Lipinski definition) is 2. The van der Waals surface area contributed by atoms with Crippen molar-refractivity contribution in [1.29, 1.82) is 0 Å². The smallest absolute Gasteiger partial charge is 0.260 e. The number of nitrogens with one attached hydrogen (secondary N) is 1. The highest BCUT2D eigenvalue weighted by molar-refractivity contribution is 6.33. The molecule has 130 valence electrons. The molecule has 1 N–H and O–H groups in total. The van der Waals surface area contributed by atoms with Crippen molar-refractivity contribution in [2.24, 2.45) is 0 Å². The molecule has 0 aliphatic rings. The van der Waals surface area contributed by atoms with Crippen LogP contribution in [0.25, 0.3) is 0 Å². The maximum absolute atomic E-state index is 13.0. The summed E-state index contributed by atoms with van der Waals surface area (Å²) in [6, 6.07) is 13.0. The minimum absolute atomic E-state index is 0.220. The van der Waals surface area contributed by atoms with Gasteiger partial charge in [-0.05, 0) is 42.8 Å². The summed E-state index contributed by atoms with van der Waals surface area (Å²) in [4.78, 5) is 12.6. The molecular weight excluding hydrogens is 353 g/mol. The van der Waals surface area contributed by atoms with Gasteiger partial charge >= 0.3 is 0 Å². The molecule has 0 saturated carbocycles. The molecule has 3 aromatic rings. The van der Waals surface area contributed by atoms with Crippen LogP contribution in [0.2, 0.25) is 5.15 Å². The van der Waals surface area contributed by atoms with Gasteiger partial charge in [-0.3, -0.25) is 4.79 Å². The number of anilines is 1. The third-order valence-corrected chi connectivity index (χ3v) is 4.21. The summed E-state index contributed by atoms with van der Waals surface area (Å²) in [5.74, 6) is 1.84. The Bertz CT molecular complexity index is 1000. The van der Waals surface area contributed by atoms with Gasteiger partial charge in [0.05, 0.1) is 17.8 Å². The van der Waals surface area contributed by atoms with Gasteiger partial charge < -0.3 is 5.32 Å². The molecule has 26 heavy (non-hydrogen) atoms. The van der Waals surface area contributed by atoms with Crippen molar-refractivity contribution < 1.29 is 9.18 Å². The van der Waals surface area contributed by atoms with Gasteiger partial charge in [0.25, 0.3) is 5.91 Å². The van der Waals surface area contributed by atoms with E-state index in [0.29, 0.717) is 29.1 Å². The molecule has 0 atom stereocenters. The zero-order valence-corrected chi connectivity index (χ0v) is 14.7. The van der Waals surface area contributed by atoms with E-state index in [1.165, 1.54) is 16.8 Å². The van der Waals surface area contributed by atoms with Crippen molar-refractivity contribution in [2.75, 3.05) is 5.32 Å². The van der Waals surface area contributed by atoms with Crippen molar-refractivity contribution in [3.63, 3.8) is 0 Å². The summed E-state index contributed by atoms with van der Waals surface area (Å²) in [5, 5.41) is 7.32. The molecule has 1 aromatic heterocycles. The standard InChI is InChI=1S/C20H15ClFN3O/c1-3-14-5-4-6-17(11-14)23-20(26)18-13(2)24-25(19(18)21)12-15-7-9-16(22)10-8-15/h1,4-11H,12H2,2H3,(H,23,26). The Morgan fingerprint density at radius 3 is 2.73 bits per heavy atom. The number of benzene rings is 2. The summed E-state index contributed by atoms with van der Waals surface area (Å²) in [6.45, 7) is 2.04. The Morgan fingerprint density at radius 2 is 2.04 bits per heavy atom. The molecule has 4 nitrogen and oxygen atoms in total. The summed E-state index contributed by atoms with van der Waals surface area (Å²) < 4.78 is 14.5. The van der Waals surface area contributed by atoms with E-state index < -0.39 is 0 Å². The second-order valence-corrected chi connectivity index (χ2v) is 6.07. The number of aryl methyl sites for hydroxylation is 1. The van der Waals surface area contributed by atoms with Crippen molar-refractivity contribution in [3.05, 3.63) is 81.9 Å². The predicted molar refractivity (Wildman–Crippen MR) is 99.8 cm³/mol. The average molecular weight is 368 g/mol. The number of hydrogen-bond donors (Lipinski definition) is 1. The number of aromatic nitrogens is 2. The molecule has 1 heterocycles. The first-order valence-electron chi connectivity index (χ1n) is 7.83. The molecular formula is C20H15ClFN3O. The Morgan fingerprint density at radius 1 is 1.31 bits per heavy atom. The average Bonchev–Trinajstić information content (AvgIpc) is 2.90. The maximum Gasteiger partial charge on any atom is 0.260 e. The van der Waals surface area contributed by atoms with Crippen LogP contribution in [0.5, 0.6) is 0 Å². The molecule has 6 heteroatoms. The van der Waals surface area contributed by atoms with Gasteiger partial charge in [-0.1, -0.05) is 35.7 Å². The predicted octanol–water partition coefficient (Wildman–Crippen LogP) is 4.27. The lowest BCUT2D eigenvalue weighted by Crippen LogP contribution is -2.13. The number of carbonyl (C=O) groups excluding carboxylic acids is 1. The number of rotatable bonds is 4. The van der Waals surface area contributed by atoms with Crippen molar-refractivity contribution in [2.45, 2.75) is 13.5 Å². The first kappa shape index (κ1) is 17.7. The lowest BCUT2D eigenvalue weighted by molar-refractivity contribution is 0.102. The van der Waals surface area contributed by atoms with E-state index in [9.17, 15) is 9.18 Å². The zero-order chi connectivity index (χ0) is 18.7. The molecule has 0 unspecified atom stereocenters. The van der Waals surface area contributed by atoms with E-state index in [0.717, 1.165) is 5.56 Å². The Kier molecular flexibility index (Phi) is 5.06. The van der Waals surface area contributed by atoms with Crippen LogP contribution in [0.15, 0.2) is 48.5 Å². The van der Waals surface area contributed by atoms with E-state index in [1.54, 1.807) is 43.3 Å². The van der Waals surface area contributed by atoms with E-state index >= 15 is 0 Å². The van der Waals surface area contributed by atoms with E-state index in [4.69, 9.17) is 18.0 Å². The van der Waals surface area contributed by atoms with Crippen LogP contribution in [-0.2, 0) is 6.54 Å². The molecule has 0 spiro atoms. The first-order valence-corrected chi connectivity index (χ1v) is 8.21. The largest absolute Gasteiger partial charge is 0.322 e. The second-order valence-electron chi connectivity index (χ2n) is 5.71. The number of halogens is 2. The quantitative estimate of drug-likeness (QED) is 0.700. The molecule has 3 rings (SSSR count). The first-order chi connectivity index (χ1) is 12.5. The topological polar surface area (TPSA) is 46.9 Å². The molecule has 1 amide bonds. The molecule has 0 aliphatic heterocycles. The maximum atomic E-state index is 13.0. The highest BCUT2D eigenvalue weighted by atomic mass is 35.5. The fourth-order valence-electron chi connectivity index (χ4n) is 2.56. The molecule has 0 bridgehead atoms. The third kappa shape index (κ3) is 3.76. The zero-order valence-electron chi connectivity index (χ0n) is 14.0. The summed E-state index contributed by atoms with van der Waals surface area (Å²) in [5.41, 5.74) is 2.86. The van der Waals surface area contributed by atoms with Crippen LogP contribution in [0, 0.1) is 25.1 Å². The fourth-order valence-corrected chi connectivity index (χ4v) is 2.88. The highest BCUT2D eigenvalue weighted by Crippen LogP contribution is 2.22. The third-order valence-electron chi connectivity index (χ3n) is 3.83. The normalized spacial score (nSPS) is 10.4. The van der Waals surface area contributed by atoms with Crippen molar-refractivity contribution >= 4 is 23.2 Å². The van der Waals surface area contributed by atoms with Crippen molar-refractivity contribution in [3.8, 4) is 12.3 Å². The Balaban J connectivity index is 1.83. The second kappa shape index (κ2) is 7.42. The fraction of sp³-hybridized carbons (Fsp3) is 0.100. The SMILES string of the molecule is C#Cc1cccc(NC(=O)c2c(C)nn(Cc3ccc(F)cc3)c2Cl)c1. The molecule has 0 aliphatic carbocycles. The molecule has 2 aromatic carbocycles. The lowest BCUT2D eigenvalue weighted by atomic mass is 10.2. The van der Waals surface area contributed by atoms with Gasteiger partial charge in [0.1, 0.15) is 11.0 Å². The van der Waals surface area contributed by atoms with Gasteiger partial charge in [0.2, 0.25) is 0 Å². The van der Waals surface area contributed by atoms with Crippen LogP contribution in [0.4, 0.5) is 10.1 Å². The van der Waals surface area contributed by atoms with E-state index in [1.807, 2.05) is 0 Å². The van der Waals surface area contributed by atoms with Crippen LogP contribution >= 0.6 is 11.6 Å². The van der Waals surface area contributed by atoms with E-state index in [-0.39, 0.29) is 16.9 Å². The van der Waals surface area contributed by atoms with Gasteiger partial charge in [0.15, 0.2) is 0 Å². The number of amides is 1. The highest BCUT2D eigenvalue weighted by Gasteiger charge is 2.20. The molecule has 0 radical (unpaired) electrons. The monoisotopic (exact) mass is 367 g/mol. The minimum Gasteiger partial charge on any atom is -0.322 e. The van der Waals surface area contributed by atoms with Crippen LogP contribution in [0.1, 0.15) is 27.2 Å². The minimum atomic E-state index is -0.368. The summed E-state index contributed by atoms with van der Waals surface area (Å²) in [6.07, 6.45) is 5.37. The van der Waals surface area contributed by atoms with Gasteiger partial charge in [-0.25, -0.2) is 9.07 Å². The number of carbonyl (C=O) groups is 1. The Hall–Kier alpha value is -3.10. The van der Waals surface area contributed by atoms with Crippen molar-refractivity contribution in [1.82, 2.24) is 9.78 Å².